The van der Waals surface area contributed by atoms with Gasteiger partial charge in [0, 0.05) is 43.5 Å². The van der Waals surface area contributed by atoms with E-state index in [1.165, 1.54) is 0 Å². The number of carbonyl (C=O) groups excluding carboxylic acids is 2. The van der Waals surface area contributed by atoms with E-state index in [0.717, 1.165) is 25.2 Å². The number of nitrogens with zero attached hydrogens (tertiary/aromatic N) is 3. The summed E-state index contributed by atoms with van der Waals surface area (Å²) in [5, 5.41) is 2.79. The fraction of sp³-hybridized carbons (Fsp3) is 0.556. The molecule has 0 aliphatic carbocycles. The van der Waals surface area contributed by atoms with Crippen molar-refractivity contribution in [3.05, 3.63) is 29.8 Å². The lowest BCUT2D eigenvalue weighted by Crippen LogP contribution is -2.36. The third kappa shape index (κ3) is 3.11. The third-order valence-electron chi connectivity index (χ3n) is 5.14. The van der Waals surface area contributed by atoms with Gasteiger partial charge in [-0.2, -0.15) is 0 Å². The summed E-state index contributed by atoms with van der Waals surface area (Å²) in [4.78, 5) is 30.6. The number of urea groups is 1. The normalized spacial score (nSPS) is 23.9. The highest BCUT2D eigenvalue weighted by Crippen LogP contribution is 2.26. The molecule has 2 atom stereocenters. The second kappa shape index (κ2) is 6.81. The first-order valence-electron chi connectivity index (χ1n) is 8.62. The van der Waals surface area contributed by atoms with Crippen LogP contribution in [-0.4, -0.2) is 68.1 Å². The second-order valence-corrected chi connectivity index (χ2v) is 6.84. The molecule has 0 aromatic heterocycles. The number of benzene rings is 1. The molecule has 2 unspecified atom stereocenters. The van der Waals surface area contributed by atoms with Crippen molar-refractivity contribution < 1.29 is 9.59 Å². The molecule has 3 rings (SSSR count). The number of rotatable bonds is 4. The summed E-state index contributed by atoms with van der Waals surface area (Å²) in [7, 11) is 4.15. The standard InChI is InChI=1S/C18H26N4O2/c1-4-13-11-21(12-16(13)20(2)3)17(23)14-6-5-7-15(10-14)22-9-8-19-18(22)24/h5-7,10,13,16H,4,8-9,11-12H2,1-3H3,(H,19,24). The Morgan fingerprint density at radius 1 is 1.33 bits per heavy atom. The highest BCUT2D eigenvalue weighted by molar-refractivity contribution is 5.98. The minimum atomic E-state index is -0.0977. The van der Waals surface area contributed by atoms with E-state index in [0.29, 0.717) is 30.6 Å². The molecular formula is C18H26N4O2. The van der Waals surface area contributed by atoms with Gasteiger partial charge in [-0.15, -0.1) is 0 Å². The molecule has 0 radical (unpaired) electrons. The summed E-state index contributed by atoms with van der Waals surface area (Å²) in [5.74, 6) is 0.566. The Balaban J connectivity index is 1.77. The minimum absolute atomic E-state index is 0.0549. The number of anilines is 1. The van der Waals surface area contributed by atoms with E-state index in [9.17, 15) is 9.59 Å². The second-order valence-electron chi connectivity index (χ2n) is 6.84. The predicted octanol–water partition coefficient (Wildman–Crippen LogP) is 1.63. The Kier molecular flexibility index (Phi) is 4.76. The largest absolute Gasteiger partial charge is 0.337 e. The van der Waals surface area contributed by atoms with E-state index < -0.39 is 0 Å². The fourth-order valence-corrected chi connectivity index (χ4v) is 3.71. The van der Waals surface area contributed by atoms with E-state index in [4.69, 9.17) is 0 Å². The van der Waals surface area contributed by atoms with Crippen molar-refractivity contribution in [2.24, 2.45) is 5.92 Å². The van der Waals surface area contributed by atoms with Crippen LogP contribution in [0.2, 0.25) is 0 Å². The lowest BCUT2D eigenvalue weighted by Gasteiger charge is -2.23. The first-order valence-corrected chi connectivity index (χ1v) is 8.62. The van der Waals surface area contributed by atoms with Crippen LogP contribution in [0.15, 0.2) is 24.3 Å². The number of likely N-dealkylation sites (N-methyl/N-ethyl adjacent to an activating group) is 1. The molecular weight excluding hydrogens is 304 g/mol. The van der Waals surface area contributed by atoms with E-state index in [1.807, 2.05) is 29.2 Å². The monoisotopic (exact) mass is 330 g/mol. The van der Waals surface area contributed by atoms with Crippen LogP contribution < -0.4 is 10.2 Å². The van der Waals surface area contributed by atoms with Gasteiger partial charge in [0.15, 0.2) is 0 Å². The zero-order chi connectivity index (χ0) is 17.3. The first-order chi connectivity index (χ1) is 11.5. The number of hydrogen-bond acceptors (Lipinski definition) is 3. The maximum absolute atomic E-state index is 12.9. The molecule has 0 spiro atoms. The van der Waals surface area contributed by atoms with Crippen LogP contribution in [0.5, 0.6) is 0 Å². The van der Waals surface area contributed by atoms with Gasteiger partial charge in [0.25, 0.3) is 5.91 Å². The van der Waals surface area contributed by atoms with Gasteiger partial charge in [-0.3, -0.25) is 9.69 Å². The highest BCUT2D eigenvalue weighted by Gasteiger charge is 2.35. The molecule has 130 valence electrons. The quantitative estimate of drug-likeness (QED) is 0.913. The number of amides is 3. The zero-order valence-electron chi connectivity index (χ0n) is 14.7. The molecule has 2 aliphatic heterocycles. The van der Waals surface area contributed by atoms with Crippen molar-refractivity contribution in [3.8, 4) is 0 Å². The number of carbonyl (C=O) groups is 2. The van der Waals surface area contributed by atoms with Gasteiger partial charge in [0.2, 0.25) is 0 Å². The molecule has 2 saturated heterocycles. The molecule has 2 aliphatic rings. The van der Waals surface area contributed by atoms with E-state index >= 15 is 0 Å². The summed E-state index contributed by atoms with van der Waals surface area (Å²) < 4.78 is 0. The lowest BCUT2D eigenvalue weighted by atomic mass is 10.0. The highest BCUT2D eigenvalue weighted by atomic mass is 16.2. The molecule has 6 heteroatoms. The lowest BCUT2D eigenvalue weighted by molar-refractivity contribution is 0.0781. The maximum atomic E-state index is 12.9. The molecule has 2 heterocycles. The van der Waals surface area contributed by atoms with Crippen LogP contribution in [-0.2, 0) is 0 Å². The van der Waals surface area contributed by atoms with Crippen LogP contribution in [0.3, 0.4) is 0 Å². The SMILES string of the molecule is CCC1CN(C(=O)c2cccc(N3CCNC3=O)c2)CC1N(C)C. The molecule has 0 saturated carbocycles. The Hall–Kier alpha value is -2.08. The summed E-state index contributed by atoms with van der Waals surface area (Å²) >= 11 is 0. The average Bonchev–Trinajstić information content (AvgIpc) is 3.20. The zero-order valence-corrected chi connectivity index (χ0v) is 14.7. The molecule has 6 nitrogen and oxygen atoms in total. The molecule has 2 fully saturated rings. The molecule has 1 N–H and O–H groups in total. The summed E-state index contributed by atoms with van der Waals surface area (Å²) in [6, 6.07) is 7.71. The van der Waals surface area contributed by atoms with Crippen LogP contribution in [0.4, 0.5) is 10.5 Å². The van der Waals surface area contributed by atoms with Crippen LogP contribution >= 0.6 is 0 Å². The molecule has 24 heavy (non-hydrogen) atoms. The van der Waals surface area contributed by atoms with Gasteiger partial charge in [0.1, 0.15) is 0 Å². The number of hydrogen-bond donors (Lipinski definition) is 1. The average molecular weight is 330 g/mol. The van der Waals surface area contributed by atoms with E-state index in [-0.39, 0.29) is 11.9 Å². The van der Waals surface area contributed by atoms with E-state index in [2.05, 4.69) is 31.2 Å². The van der Waals surface area contributed by atoms with Gasteiger partial charge < -0.3 is 15.1 Å². The van der Waals surface area contributed by atoms with Crippen molar-refractivity contribution in [1.82, 2.24) is 15.1 Å². The maximum Gasteiger partial charge on any atom is 0.321 e. The van der Waals surface area contributed by atoms with Gasteiger partial charge >= 0.3 is 6.03 Å². The van der Waals surface area contributed by atoms with Crippen molar-refractivity contribution in [3.63, 3.8) is 0 Å². The third-order valence-corrected chi connectivity index (χ3v) is 5.14. The summed E-state index contributed by atoms with van der Waals surface area (Å²) in [6.07, 6.45) is 1.07. The van der Waals surface area contributed by atoms with Gasteiger partial charge in [-0.05, 0) is 38.2 Å². The summed E-state index contributed by atoms with van der Waals surface area (Å²) in [6.45, 7) is 5.03. The Bertz CT molecular complexity index is 631. The molecule has 0 bridgehead atoms. The van der Waals surface area contributed by atoms with Gasteiger partial charge in [-0.1, -0.05) is 19.4 Å². The number of nitrogens with one attached hydrogen (secondary N) is 1. The van der Waals surface area contributed by atoms with E-state index in [1.54, 1.807) is 4.90 Å². The first kappa shape index (κ1) is 16.8. The fourth-order valence-electron chi connectivity index (χ4n) is 3.71. The van der Waals surface area contributed by atoms with Crippen molar-refractivity contribution in [2.45, 2.75) is 19.4 Å². The van der Waals surface area contributed by atoms with Crippen molar-refractivity contribution in [2.75, 3.05) is 45.2 Å². The van der Waals surface area contributed by atoms with Crippen molar-refractivity contribution >= 4 is 17.6 Å². The Morgan fingerprint density at radius 2 is 2.12 bits per heavy atom. The Labute approximate surface area is 143 Å². The molecule has 1 aromatic carbocycles. The van der Waals surface area contributed by atoms with Crippen molar-refractivity contribution in [1.29, 1.82) is 0 Å². The van der Waals surface area contributed by atoms with Crippen LogP contribution in [0.25, 0.3) is 0 Å². The summed E-state index contributed by atoms with van der Waals surface area (Å²) in [5.41, 5.74) is 1.44. The van der Waals surface area contributed by atoms with Gasteiger partial charge in [0.05, 0.1) is 0 Å². The topological polar surface area (TPSA) is 55.9 Å². The predicted molar refractivity (Wildman–Crippen MR) is 94.3 cm³/mol. The van der Waals surface area contributed by atoms with Crippen LogP contribution in [0, 0.1) is 5.92 Å². The molecule has 1 aromatic rings. The smallest absolute Gasteiger partial charge is 0.321 e. The van der Waals surface area contributed by atoms with Crippen LogP contribution in [0.1, 0.15) is 23.7 Å². The minimum Gasteiger partial charge on any atom is -0.337 e. The van der Waals surface area contributed by atoms with Gasteiger partial charge in [-0.25, -0.2) is 4.79 Å². The number of likely N-dealkylation sites (tertiary alicyclic amines) is 1. The molecule has 3 amide bonds. The Morgan fingerprint density at radius 3 is 2.71 bits per heavy atom.